The van der Waals surface area contributed by atoms with Gasteiger partial charge in [0.15, 0.2) is 5.76 Å². The number of ether oxygens (including phenoxy) is 2. The first-order chi connectivity index (χ1) is 13.7. The van der Waals surface area contributed by atoms with Crippen molar-refractivity contribution in [3.05, 3.63) is 65.1 Å². The summed E-state index contributed by atoms with van der Waals surface area (Å²) in [6, 6.07) is 8.71. The van der Waals surface area contributed by atoms with Crippen molar-refractivity contribution in [2.75, 3.05) is 13.2 Å². The van der Waals surface area contributed by atoms with Crippen molar-refractivity contribution in [1.29, 1.82) is 0 Å². The molecule has 0 aromatic heterocycles. The Labute approximate surface area is 169 Å². The van der Waals surface area contributed by atoms with Gasteiger partial charge in [0.05, 0.1) is 0 Å². The molecule has 0 spiro atoms. The molecule has 0 radical (unpaired) electrons. The molecule has 2 aliphatic rings. The standard InChI is InChI=1S/C25H32O3/c1-3-20-9-12-22(13-10-20)19(2)7-5-4-6-8-23(26)17-21-11-14-24-25(18-21)28-16-15-27-24/h9-10,12-13,18H,2-8,11,14-17H2,1H3. The van der Waals surface area contributed by atoms with Crippen molar-refractivity contribution in [2.24, 2.45) is 0 Å². The van der Waals surface area contributed by atoms with Gasteiger partial charge < -0.3 is 9.47 Å². The third kappa shape index (κ3) is 5.85. The Hall–Kier alpha value is -2.29. The number of hydrogen-bond acceptors (Lipinski definition) is 3. The van der Waals surface area contributed by atoms with Gasteiger partial charge in [0.1, 0.15) is 24.8 Å². The molecule has 3 nitrogen and oxygen atoms in total. The highest BCUT2D eigenvalue weighted by atomic mass is 16.6. The largest absolute Gasteiger partial charge is 0.491 e. The first-order valence-electron chi connectivity index (χ1n) is 10.6. The second-order valence-corrected chi connectivity index (χ2v) is 7.72. The summed E-state index contributed by atoms with van der Waals surface area (Å²) in [5, 5.41) is 0. The van der Waals surface area contributed by atoms with E-state index in [1.54, 1.807) is 0 Å². The molecule has 0 saturated heterocycles. The summed E-state index contributed by atoms with van der Waals surface area (Å²) in [5.41, 5.74) is 4.97. The molecule has 0 fully saturated rings. The van der Waals surface area contributed by atoms with Crippen molar-refractivity contribution in [3.8, 4) is 0 Å². The van der Waals surface area contributed by atoms with Gasteiger partial charge in [0.25, 0.3) is 0 Å². The van der Waals surface area contributed by atoms with Crippen LogP contribution in [0.3, 0.4) is 0 Å². The molecule has 0 unspecified atom stereocenters. The summed E-state index contributed by atoms with van der Waals surface area (Å²) >= 11 is 0. The highest BCUT2D eigenvalue weighted by molar-refractivity contribution is 5.81. The van der Waals surface area contributed by atoms with Crippen molar-refractivity contribution in [3.63, 3.8) is 0 Å². The van der Waals surface area contributed by atoms with Crippen LogP contribution < -0.4 is 0 Å². The molecule has 0 atom stereocenters. The van der Waals surface area contributed by atoms with Crippen LogP contribution in [0.1, 0.15) is 69.4 Å². The zero-order valence-corrected chi connectivity index (χ0v) is 17.1. The molecular weight excluding hydrogens is 348 g/mol. The molecule has 0 amide bonds. The molecule has 3 heteroatoms. The van der Waals surface area contributed by atoms with Gasteiger partial charge in [-0.1, -0.05) is 49.8 Å². The number of ketones is 1. The number of rotatable bonds is 10. The van der Waals surface area contributed by atoms with E-state index < -0.39 is 0 Å². The van der Waals surface area contributed by atoms with Crippen molar-refractivity contribution in [2.45, 2.75) is 64.7 Å². The summed E-state index contributed by atoms with van der Waals surface area (Å²) in [4.78, 5) is 12.3. The molecule has 0 N–H and O–H groups in total. The predicted molar refractivity (Wildman–Crippen MR) is 114 cm³/mol. The van der Waals surface area contributed by atoms with E-state index in [2.05, 4.69) is 37.8 Å². The maximum absolute atomic E-state index is 12.3. The van der Waals surface area contributed by atoms with Gasteiger partial charge in [-0.2, -0.15) is 0 Å². The van der Waals surface area contributed by atoms with Gasteiger partial charge in [-0.3, -0.25) is 4.79 Å². The molecule has 1 aromatic carbocycles. The van der Waals surface area contributed by atoms with E-state index in [4.69, 9.17) is 9.47 Å². The average Bonchev–Trinajstić information content (AvgIpc) is 2.73. The molecule has 28 heavy (non-hydrogen) atoms. The summed E-state index contributed by atoms with van der Waals surface area (Å²) in [6.07, 6.45) is 10.2. The topological polar surface area (TPSA) is 35.5 Å². The van der Waals surface area contributed by atoms with Crippen LogP contribution in [-0.4, -0.2) is 19.0 Å². The molecule has 3 rings (SSSR count). The first kappa shape index (κ1) is 20.4. The smallest absolute Gasteiger partial charge is 0.157 e. The normalized spacial score (nSPS) is 16.0. The fourth-order valence-electron chi connectivity index (χ4n) is 3.76. The molecule has 0 saturated carbocycles. The Balaban J connectivity index is 1.33. The molecule has 1 heterocycles. The van der Waals surface area contributed by atoms with Crippen LogP contribution in [0.5, 0.6) is 0 Å². The van der Waals surface area contributed by atoms with Crippen molar-refractivity contribution >= 4 is 11.4 Å². The number of Topliss-reactive ketones (excluding diaryl/α,β-unsaturated/α-hetero) is 1. The molecule has 0 bridgehead atoms. The lowest BCUT2D eigenvalue weighted by atomic mass is 9.95. The molecule has 1 aliphatic heterocycles. The maximum Gasteiger partial charge on any atom is 0.157 e. The zero-order chi connectivity index (χ0) is 19.8. The number of allylic oxidation sites excluding steroid dienone is 4. The van der Waals surface area contributed by atoms with Gasteiger partial charge in [-0.25, -0.2) is 0 Å². The SMILES string of the molecule is C=C(CCCCCC(=O)CC1=CC2=C(CC1)OCCO2)c1ccc(CC)cc1. The Kier molecular flexibility index (Phi) is 7.53. The lowest BCUT2D eigenvalue weighted by Gasteiger charge is -2.24. The summed E-state index contributed by atoms with van der Waals surface area (Å²) in [5.74, 6) is 2.12. The number of hydrogen-bond donors (Lipinski definition) is 0. The minimum absolute atomic E-state index is 0.334. The van der Waals surface area contributed by atoms with Gasteiger partial charge in [0, 0.05) is 19.3 Å². The van der Waals surface area contributed by atoms with Gasteiger partial charge >= 0.3 is 0 Å². The monoisotopic (exact) mass is 380 g/mol. The minimum Gasteiger partial charge on any atom is -0.491 e. The first-order valence-corrected chi connectivity index (χ1v) is 10.6. The number of carbonyl (C=O) groups excluding carboxylic acids is 1. The fraction of sp³-hybridized carbons (Fsp3) is 0.480. The highest BCUT2D eigenvalue weighted by Crippen LogP contribution is 2.30. The van der Waals surface area contributed by atoms with Crippen LogP contribution in [0.15, 0.2) is 54.0 Å². The summed E-state index contributed by atoms with van der Waals surface area (Å²) in [6.45, 7) is 7.63. The molecular formula is C25H32O3. The van der Waals surface area contributed by atoms with Crippen LogP contribution in [0.25, 0.3) is 5.57 Å². The maximum atomic E-state index is 12.3. The average molecular weight is 381 g/mol. The summed E-state index contributed by atoms with van der Waals surface area (Å²) < 4.78 is 11.2. The molecule has 150 valence electrons. The number of carbonyl (C=O) groups is 1. The van der Waals surface area contributed by atoms with Crippen LogP contribution in [0.2, 0.25) is 0 Å². The lowest BCUT2D eigenvalue weighted by molar-refractivity contribution is -0.118. The van der Waals surface area contributed by atoms with E-state index in [-0.39, 0.29) is 0 Å². The highest BCUT2D eigenvalue weighted by Gasteiger charge is 2.20. The van der Waals surface area contributed by atoms with Crippen LogP contribution in [0.4, 0.5) is 0 Å². The van der Waals surface area contributed by atoms with Gasteiger partial charge in [0.2, 0.25) is 0 Å². The Morgan fingerprint density at radius 2 is 1.75 bits per heavy atom. The molecule has 1 aliphatic carbocycles. The second kappa shape index (κ2) is 10.3. The van der Waals surface area contributed by atoms with E-state index >= 15 is 0 Å². The predicted octanol–water partition coefficient (Wildman–Crippen LogP) is 6.15. The number of unbranched alkanes of at least 4 members (excludes halogenated alkanes) is 2. The third-order valence-electron chi connectivity index (χ3n) is 5.53. The third-order valence-corrected chi connectivity index (χ3v) is 5.53. The lowest BCUT2D eigenvalue weighted by Crippen LogP contribution is -2.16. The molecule has 1 aromatic rings. The van der Waals surface area contributed by atoms with Gasteiger partial charge in [-0.15, -0.1) is 0 Å². The zero-order valence-electron chi connectivity index (χ0n) is 17.1. The van der Waals surface area contributed by atoms with E-state index in [0.717, 1.165) is 56.5 Å². The number of benzene rings is 1. The van der Waals surface area contributed by atoms with E-state index in [9.17, 15) is 4.79 Å². The fourth-order valence-corrected chi connectivity index (χ4v) is 3.76. The Morgan fingerprint density at radius 3 is 2.54 bits per heavy atom. The second-order valence-electron chi connectivity index (χ2n) is 7.72. The van der Waals surface area contributed by atoms with Crippen molar-refractivity contribution in [1.82, 2.24) is 0 Å². The van der Waals surface area contributed by atoms with Crippen LogP contribution in [-0.2, 0) is 20.7 Å². The van der Waals surface area contributed by atoms with E-state index in [1.807, 2.05) is 6.08 Å². The minimum atomic E-state index is 0.334. The van der Waals surface area contributed by atoms with Crippen LogP contribution >= 0.6 is 0 Å². The van der Waals surface area contributed by atoms with E-state index in [0.29, 0.717) is 31.8 Å². The van der Waals surface area contributed by atoms with Crippen molar-refractivity contribution < 1.29 is 14.3 Å². The Morgan fingerprint density at radius 1 is 1.00 bits per heavy atom. The van der Waals surface area contributed by atoms with Gasteiger partial charge in [-0.05, 0) is 54.9 Å². The van der Waals surface area contributed by atoms with E-state index in [1.165, 1.54) is 22.3 Å². The quantitative estimate of drug-likeness (QED) is 0.457. The number of aryl methyl sites for hydroxylation is 1. The van der Waals surface area contributed by atoms with Crippen LogP contribution in [0, 0.1) is 0 Å². The summed E-state index contributed by atoms with van der Waals surface area (Å²) in [7, 11) is 0. The Bertz CT molecular complexity index is 753.